The Labute approximate surface area is 88.3 Å². The maximum atomic E-state index is 9.64. The van der Waals surface area contributed by atoms with Crippen molar-refractivity contribution < 1.29 is 5.11 Å². The molecule has 0 aromatic rings. The molecule has 0 aromatic heterocycles. The van der Waals surface area contributed by atoms with E-state index < -0.39 is 0 Å². The van der Waals surface area contributed by atoms with Gasteiger partial charge in [-0.05, 0) is 31.7 Å². The highest BCUT2D eigenvalue weighted by molar-refractivity contribution is 4.85. The summed E-state index contributed by atoms with van der Waals surface area (Å²) in [5.74, 6) is 0.745. The fourth-order valence-electron chi connectivity index (χ4n) is 2.38. The first-order valence-electron chi connectivity index (χ1n) is 6.05. The molecular weight excluding hydrogens is 174 g/mol. The zero-order valence-corrected chi connectivity index (χ0v) is 9.87. The summed E-state index contributed by atoms with van der Waals surface area (Å²) < 4.78 is 0. The number of rotatable bonds is 5. The Hall–Kier alpha value is -0.0800. The van der Waals surface area contributed by atoms with E-state index in [-0.39, 0.29) is 6.10 Å². The number of aliphatic hydroxyl groups is 1. The van der Waals surface area contributed by atoms with Crippen LogP contribution in [0.4, 0.5) is 0 Å². The van der Waals surface area contributed by atoms with Gasteiger partial charge in [0.2, 0.25) is 0 Å². The first kappa shape index (κ1) is 12.0. The van der Waals surface area contributed by atoms with Gasteiger partial charge < -0.3 is 5.11 Å². The molecule has 1 aliphatic heterocycles. The molecule has 1 heterocycles. The molecule has 0 aromatic carbocycles. The normalized spacial score (nSPS) is 28.9. The average Bonchev–Trinajstić information content (AvgIpc) is 2.41. The second-order valence-corrected chi connectivity index (χ2v) is 5.02. The predicted molar refractivity (Wildman–Crippen MR) is 60.3 cm³/mol. The summed E-state index contributed by atoms with van der Waals surface area (Å²) in [5.41, 5.74) is 0. The minimum Gasteiger partial charge on any atom is -0.392 e. The van der Waals surface area contributed by atoms with Crippen LogP contribution >= 0.6 is 0 Å². The lowest BCUT2D eigenvalue weighted by atomic mass is 10.0. The standard InChI is InChI=1S/C12H25NO/c1-4-5-6-13-9-12(14)8-11(13)7-10(2)3/h10-12,14H,4-9H2,1-3H3/t11-,12+/m1/s1. The minimum atomic E-state index is -0.0735. The van der Waals surface area contributed by atoms with Crippen molar-refractivity contribution in [3.63, 3.8) is 0 Å². The van der Waals surface area contributed by atoms with Crippen LogP contribution in [0.25, 0.3) is 0 Å². The maximum absolute atomic E-state index is 9.64. The monoisotopic (exact) mass is 199 g/mol. The van der Waals surface area contributed by atoms with Crippen LogP contribution in [0.3, 0.4) is 0 Å². The van der Waals surface area contributed by atoms with Crippen LogP contribution in [0.2, 0.25) is 0 Å². The van der Waals surface area contributed by atoms with Gasteiger partial charge in [0.1, 0.15) is 0 Å². The van der Waals surface area contributed by atoms with Gasteiger partial charge in [-0.3, -0.25) is 4.90 Å². The van der Waals surface area contributed by atoms with Crippen molar-refractivity contribution in [2.45, 2.75) is 58.6 Å². The molecule has 1 fully saturated rings. The van der Waals surface area contributed by atoms with E-state index in [2.05, 4.69) is 25.7 Å². The van der Waals surface area contributed by atoms with Crippen LogP contribution in [-0.2, 0) is 0 Å². The maximum Gasteiger partial charge on any atom is 0.0682 e. The van der Waals surface area contributed by atoms with Gasteiger partial charge in [0.05, 0.1) is 6.10 Å². The molecule has 2 atom stereocenters. The smallest absolute Gasteiger partial charge is 0.0682 e. The number of hydrogen-bond donors (Lipinski definition) is 1. The second kappa shape index (κ2) is 5.72. The minimum absolute atomic E-state index is 0.0735. The molecule has 0 amide bonds. The number of nitrogens with zero attached hydrogens (tertiary/aromatic N) is 1. The Morgan fingerprint density at radius 3 is 2.71 bits per heavy atom. The van der Waals surface area contributed by atoms with Gasteiger partial charge in [-0.25, -0.2) is 0 Å². The summed E-state index contributed by atoms with van der Waals surface area (Å²) in [5, 5.41) is 9.64. The topological polar surface area (TPSA) is 23.5 Å². The van der Waals surface area contributed by atoms with E-state index in [0.717, 1.165) is 18.9 Å². The molecule has 1 N–H and O–H groups in total. The lowest BCUT2D eigenvalue weighted by Crippen LogP contribution is -2.31. The molecule has 0 spiro atoms. The Bertz CT molecular complexity index is 158. The van der Waals surface area contributed by atoms with Crippen LogP contribution < -0.4 is 0 Å². The molecule has 0 unspecified atom stereocenters. The molecular formula is C12H25NO. The molecule has 1 aliphatic rings. The largest absolute Gasteiger partial charge is 0.392 e. The van der Waals surface area contributed by atoms with Crippen molar-refractivity contribution in [3.8, 4) is 0 Å². The van der Waals surface area contributed by atoms with E-state index in [1.54, 1.807) is 0 Å². The van der Waals surface area contributed by atoms with Crippen molar-refractivity contribution in [2.24, 2.45) is 5.92 Å². The fraction of sp³-hybridized carbons (Fsp3) is 1.00. The highest BCUT2D eigenvalue weighted by atomic mass is 16.3. The van der Waals surface area contributed by atoms with Gasteiger partial charge in [-0.15, -0.1) is 0 Å². The quantitative estimate of drug-likeness (QED) is 0.734. The molecule has 84 valence electrons. The summed E-state index contributed by atoms with van der Waals surface area (Å²) in [6.45, 7) is 8.83. The first-order chi connectivity index (χ1) is 6.63. The van der Waals surface area contributed by atoms with Gasteiger partial charge in [0, 0.05) is 12.6 Å². The number of aliphatic hydroxyl groups excluding tert-OH is 1. The highest BCUT2D eigenvalue weighted by Gasteiger charge is 2.30. The summed E-state index contributed by atoms with van der Waals surface area (Å²) >= 11 is 0. The van der Waals surface area contributed by atoms with Crippen LogP contribution in [0, 0.1) is 5.92 Å². The van der Waals surface area contributed by atoms with Crippen LogP contribution in [0.15, 0.2) is 0 Å². The lowest BCUT2D eigenvalue weighted by Gasteiger charge is -2.25. The van der Waals surface area contributed by atoms with E-state index in [9.17, 15) is 5.11 Å². The zero-order valence-electron chi connectivity index (χ0n) is 9.87. The van der Waals surface area contributed by atoms with Crippen molar-refractivity contribution in [3.05, 3.63) is 0 Å². The highest BCUT2D eigenvalue weighted by Crippen LogP contribution is 2.23. The zero-order chi connectivity index (χ0) is 10.6. The predicted octanol–water partition coefficient (Wildman–Crippen LogP) is 2.27. The number of hydrogen-bond acceptors (Lipinski definition) is 2. The van der Waals surface area contributed by atoms with Crippen LogP contribution in [-0.4, -0.2) is 35.2 Å². The first-order valence-corrected chi connectivity index (χ1v) is 6.05. The average molecular weight is 199 g/mol. The van der Waals surface area contributed by atoms with Crippen molar-refractivity contribution in [1.29, 1.82) is 0 Å². The number of β-amino-alcohol motifs (C(OH)–C–C–N with tert-alkyl or cyclic N) is 1. The van der Waals surface area contributed by atoms with E-state index >= 15 is 0 Å². The van der Waals surface area contributed by atoms with Crippen molar-refractivity contribution in [1.82, 2.24) is 4.90 Å². The third-order valence-electron chi connectivity index (χ3n) is 3.05. The van der Waals surface area contributed by atoms with Crippen molar-refractivity contribution in [2.75, 3.05) is 13.1 Å². The Morgan fingerprint density at radius 1 is 1.43 bits per heavy atom. The molecule has 2 heteroatoms. The van der Waals surface area contributed by atoms with E-state index in [0.29, 0.717) is 6.04 Å². The summed E-state index contributed by atoms with van der Waals surface area (Å²) in [6, 6.07) is 0.636. The lowest BCUT2D eigenvalue weighted by molar-refractivity contribution is 0.173. The van der Waals surface area contributed by atoms with Crippen molar-refractivity contribution >= 4 is 0 Å². The molecule has 2 nitrogen and oxygen atoms in total. The molecule has 0 bridgehead atoms. The van der Waals surface area contributed by atoms with E-state index in [1.165, 1.54) is 25.8 Å². The molecule has 0 radical (unpaired) electrons. The third-order valence-corrected chi connectivity index (χ3v) is 3.05. The second-order valence-electron chi connectivity index (χ2n) is 5.02. The SMILES string of the molecule is CCCCN1C[C@@H](O)C[C@H]1CC(C)C. The number of unbranched alkanes of at least 4 members (excludes halogenated alkanes) is 1. The molecule has 1 saturated heterocycles. The summed E-state index contributed by atoms with van der Waals surface area (Å²) in [4.78, 5) is 2.48. The van der Waals surface area contributed by atoms with E-state index in [1.807, 2.05) is 0 Å². The van der Waals surface area contributed by atoms with Gasteiger partial charge in [-0.1, -0.05) is 27.2 Å². The van der Waals surface area contributed by atoms with Crippen LogP contribution in [0.1, 0.15) is 46.5 Å². The Morgan fingerprint density at radius 2 is 2.14 bits per heavy atom. The van der Waals surface area contributed by atoms with Gasteiger partial charge >= 0.3 is 0 Å². The Kier molecular flexibility index (Phi) is 4.90. The third kappa shape index (κ3) is 3.58. The van der Waals surface area contributed by atoms with Gasteiger partial charge in [0.25, 0.3) is 0 Å². The molecule has 14 heavy (non-hydrogen) atoms. The fourth-order valence-corrected chi connectivity index (χ4v) is 2.38. The van der Waals surface area contributed by atoms with Gasteiger partial charge in [0.15, 0.2) is 0 Å². The summed E-state index contributed by atoms with van der Waals surface area (Å²) in [7, 11) is 0. The molecule has 1 rings (SSSR count). The molecule has 0 saturated carbocycles. The Balaban J connectivity index is 2.37. The summed E-state index contributed by atoms with van der Waals surface area (Å²) in [6.07, 6.45) is 4.67. The van der Waals surface area contributed by atoms with E-state index in [4.69, 9.17) is 0 Å². The molecule has 0 aliphatic carbocycles. The van der Waals surface area contributed by atoms with Gasteiger partial charge in [-0.2, -0.15) is 0 Å². The number of likely N-dealkylation sites (tertiary alicyclic amines) is 1. The van der Waals surface area contributed by atoms with Crippen LogP contribution in [0.5, 0.6) is 0 Å².